The molecular weight excluding hydrogens is 501 g/mol. The molecule has 0 aliphatic rings. The Morgan fingerprint density at radius 2 is 2.00 bits per heavy atom. The Hall–Kier alpha value is -4.44. The van der Waals surface area contributed by atoms with Crippen LogP contribution in [0.1, 0.15) is 27.2 Å². The SMILES string of the molecule is CC(C)(C)CC(=O)Nc1cncc(-c2cc(F)c3[nH]nc(-c4nc5c(-c6cccs6)ccnc5[nH]4)c3c2)c1. The fourth-order valence-corrected chi connectivity index (χ4v) is 5.19. The summed E-state index contributed by atoms with van der Waals surface area (Å²) in [5.74, 6) is -0.0665. The highest BCUT2D eigenvalue weighted by Crippen LogP contribution is 2.35. The van der Waals surface area contributed by atoms with Crippen LogP contribution in [0.5, 0.6) is 0 Å². The van der Waals surface area contributed by atoms with Gasteiger partial charge in [-0.3, -0.25) is 14.9 Å². The first-order valence-electron chi connectivity index (χ1n) is 12.1. The van der Waals surface area contributed by atoms with Crippen LogP contribution in [0.15, 0.2) is 60.4 Å². The summed E-state index contributed by atoms with van der Waals surface area (Å²) in [6.45, 7) is 6.01. The van der Waals surface area contributed by atoms with E-state index in [0.29, 0.717) is 45.8 Å². The second-order valence-electron chi connectivity index (χ2n) is 10.3. The first kappa shape index (κ1) is 23.9. The van der Waals surface area contributed by atoms with Gasteiger partial charge in [0.1, 0.15) is 22.5 Å². The van der Waals surface area contributed by atoms with Crippen LogP contribution in [-0.4, -0.2) is 36.0 Å². The lowest BCUT2D eigenvalue weighted by Crippen LogP contribution is -2.19. The number of rotatable bonds is 5. The van der Waals surface area contributed by atoms with Gasteiger partial charge in [0.25, 0.3) is 0 Å². The number of nitrogens with one attached hydrogen (secondary N) is 3. The lowest BCUT2D eigenvalue weighted by Gasteiger charge is -2.17. The molecule has 0 saturated carbocycles. The van der Waals surface area contributed by atoms with Crippen LogP contribution in [0, 0.1) is 11.2 Å². The summed E-state index contributed by atoms with van der Waals surface area (Å²) < 4.78 is 15.2. The van der Waals surface area contributed by atoms with E-state index in [1.165, 1.54) is 6.07 Å². The number of amides is 1. The number of nitrogens with zero attached hydrogens (tertiary/aromatic N) is 4. The molecule has 0 unspecified atom stereocenters. The minimum atomic E-state index is -0.452. The van der Waals surface area contributed by atoms with Gasteiger partial charge in [0.15, 0.2) is 11.5 Å². The average molecular weight is 526 g/mol. The zero-order chi connectivity index (χ0) is 26.4. The molecule has 1 aromatic carbocycles. The van der Waals surface area contributed by atoms with E-state index >= 15 is 4.39 Å². The van der Waals surface area contributed by atoms with E-state index in [1.54, 1.807) is 36.0 Å². The summed E-state index contributed by atoms with van der Waals surface area (Å²) in [7, 11) is 0. The van der Waals surface area contributed by atoms with Crippen molar-refractivity contribution in [2.24, 2.45) is 5.41 Å². The second-order valence-corrected chi connectivity index (χ2v) is 11.3. The van der Waals surface area contributed by atoms with Crippen molar-refractivity contribution in [2.75, 3.05) is 5.32 Å². The topological polar surface area (TPSA) is 112 Å². The molecule has 0 aliphatic heterocycles. The molecule has 190 valence electrons. The van der Waals surface area contributed by atoms with E-state index in [9.17, 15) is 4.79 Å². The number of hydrogen-bond donors (Lipinski definition) is 3. The highest BCUT2D eigenvalue weighted by Gasteiger charge is 2.20. The molecule has 6 rings (SSSR count). The molecule has 0 radical (unpaired) electrons. The number of fused-ring (bicyclic) bond motifs is 2. The van der Waals surface area contributed by atoms with Crippen molar-refractivity contribution in [1.82, 2.24) is 30.1 Å². The van der Waals surface area contributed by atoms with Crippen LogP contribution >= 0.6 is 11.3 Å². The average Bonchev–Trinajstić information content (AvgIpc) is 3.61. The normalized spacial score (nSPS) is 11.9. The molecular formula is C28H24FN7OS. The largest absolute Gasteiger partial charge is 0.325 e. The molecule has 0 spiro atoms. The number of benzene rings is 1. The first-order chi connectivity index (χ1) is 18.2. The number of imidazole rings is 1. The molecule has 0 atom stereocenters. The van der Waals surface area contributed by atoms with Crippen molar-refractivity contribution in [3.63, 3.8) is 0 Å². The number of anilines is 1. The van der Waals surface area contributed by atoms with E-state index in [-0.39, 0.29) is 16.8 Å². The molecule has 3 N–H and O–H groups in total. The third kappa shape index (κ3) is 4.54. The van der Waals surface area contributed by atoms with Crippen LogP contribution < -0.4 is 5.32 Å². The third-order valence-corrected chi connectivity index (χ3v) is 6.97. The predicted molar refractivity (Wildman–Crippen MR) is 148 cm³/mol. The number of aromatic amines is 2. The predicted octanol–water partition coefficient (Wildman–Crippen LogP) is 6.81. The number of pyridine rings is 2. The van der Waals surface area contributed by atoms with E-state index in [0.717, 1.165) is 16.0 Å². The summed E-state index contributed by atoms with van der Waals surface area (Å²) in [6, 6.07) is 11.0. The zero-order valence-corrected chi connectivity index (χ0v) is 21.8. The third-order valence-electron chi connectivity index (χ3n) is 6.07. The van der Waals surface area contributed by atoms with Gasteiger partial charge in [-0.15, -0.1) is 11.3 Å². The van der Waals surface area contributed by atoms with Crippen molar-refractivity contribution < 1.29 is 9.18 Å². The number of hydrogen-bond acceptors (Lipinski definition) is 6. The van der Waals surface area contributed by atoms with Crippen molar-refractivity contribution >= 4 is 45.0 Å². The lowest BCUT2D eigenvalue weighted by atomic mass is 9.92. The maximum atomic E-state index is 15.2. The zero-order valence-electron chi connectivity index (χ0n) is 21.0. The molecule has 0 bridgehead atoms. The highest BCUT2D eigenvalue weighted by atomic mass is 32.1. The Labute approximate surface area is 221 Å². The number of halogens is 1. The van der Waals surface area contributed by atoms with E-state index < -0.39 is 5.82 Å². The van der Waals surface area contributed by atoms with Gasteiger partial charge in [0, 0.05) is 40.2 Å². The Balaban J connectivity index is 1.40. The van der Waals surface area contributed by atoms with Gasteiger partial charge in [0.2, 0.25) is 5.91 Å². The lowest BCUT2D eigenvalue weighted by molar-refractivity contribution is -0.117. The highest BCUT2D eigenvalue weighted by molar-refractivity contribution is 7.13. The van der Waals surface area contributed by atoms with Crippen molar-refractivity contribution in [1.29, 1.82) is 0 Å². The fraction of sp³-hybridized carbons (Fsp3) is 0.179. The minimum Gasteiger partial charge on any atom is -0.325 e. The number of carbonyl (C=O) groups excluding carboxylic acids is 1. The van der Waals surface area contributed by atoms with Gasteiger partial charge in [-0.1, -0.05) is 26.8 Å². The first-order valence-corrected chi connectivity index (χ1v) is 12.9. The van der Waals surface area contributed by atoms with Crippen LogP contribution in [0.3, 0.4) is 0 Å². The summed E-state index contributed by atoms with van der Waals surface area (Å²) in [4.78, 5) is 30.2. The fourth-order valence-electron chi connectivity index (χ4n) is 4.43. The van der Waals surface area contributed by atoms with Gasteiger partial charge >= 0.3 is 0 Å². The molecule has 5 heterocycles. The Morgan fingerprint density at radius 1 is 1.13 bits per heavy atom. The van der Waals surface area contributed by atoms with Crippen LogP contribution in [0.2, 0.25) is 0 Å². The molecule has 1 amide bonds. The number of H-pyrrole nitrogens is 2. The van der Waals surface area contributed by atoms with Gasteiger partial charge in [0.05, 0.1) is 11.9 Å². The van der Waals surface area contributed by atoms with E-state index in [4.69, 9.17) is 4.98 Å². The standard InChI is InChI=1S/C28H24FN7OS/c1-28(2,3)12-22(37)32-17-9-16(13-30-14-17)15-10-19-23(20(29)11-15)35-36-25(19)27-33-24-18(21-5-4-8-38-21)6-7-31-26(24)34-27/h4-11,13-14H,12H2,1-3H3,(H,32,37)(H,35,36)(H,31,33,34). The van der Waals surface area contributed by atoms with Crippen LogP contribution in [0.25, 0.3) is 55.2 Å². The molecule has 6 aromatic rings. The molecule has 5 aromatic heterocycles. The molecule has 0 aliphatic carbocycles. The summed E-state index contributed by atoms with van der Waals surface area (Å²) in [5, 5.41) is 12.7. The maximum absolute atomic E-state index is 15.2. The number of aromatic nitrogens is 6. The van der Waals surface area contributed by atoms with Gasteiger partial charge in [-0.25, -0.2) is 14.4 Å². The van der Waals surface area contributed by atoms with Gasteiger partial charge in [-0.05, 0) is 46.7 Å². The Bertz CT molecular complexity index is 1800. The molecule has 10 heteroatoms. The van der Waals surface area contributed by atoms with E-state index in [1.807, 2.05) is 50.4 Å². The Morgan fingerprint density at radius 3 is 2.79 bits per heavy atom. The van der Waals surface area contributed by atoms with Crippen molar-refractivity contribution in [2.45, 2.75) is 27.2 Å². The molecule has 0 fully saturated rings. The summed E-state index contributed by atoms with van der Waals surface area (Å²) in [6.07, 6.45) is 5.32. The van der Waals surface area contributed by atoms with Crippen LogP contribution in [-0.2, 0) is 4.79 Å². The van der Waals surface area contributed by atoms with Gasteiger partial charge < -0.3 is 10.3 Å². The summed E-state index contributed by atoms with van der Waals surface area (Å²) in [5.41, 5.74) is 4.75. The quantitative estimate of drug-likeness (QED) is 0.229. The number of thiophene rings is 1. The van der Waals surface area contributed by atoms with Crippen molar-refractivity contribution in [3.8, 4) is 33.1 Å². The van der Waals surface area contributed by atoms with Crippen LogP contribution in [0.4, 0.5) is 10.1 Å². The Kier molecular flexibility index (Phi) is 5.76. The minimum absolute atomic E-state index is 0.101. The second kappa shape index (κ2) is 9.14. The van der Waals surface area contributed by atoms with Crippen molar-refractivity contribution in [3.05, 3.63) is 66.2 Å². The number of carbonyl (C=O) groups is 1. The maximum Gasteiger partial charge on any atom is 0.224 e. The van der Waals surface area contributed by atoms with E-state index in [2.05, 4.69) is 30.5 Å². The van der Waals surface area contributed by atoms with Gasteiger partial charge in [-0.2, -0.15) is 5.10 Å². The molecule has 8 nitrogen and oxygen atoms in total. The monoisotopic (exact) mass is 525 g/mol. The smallest absolute Gasteiger partial charge is 0.224 e. The summed E-state index contributed by atoms with van der Waals surface area (Å²) >= 11 is 1.62. The molecule has 38 heavy (non-hydrogen) atoms. The molecule has 0 saturated heterocycles.